The van der Waals surface area contributed by atoms with Gasteiger partial charge in [-0.1, -0.05) is 18.0 Å². The maximum atomic E-state index is 5.96. The van der Waals surface area contributed by atoms with Gasteiger partial charge in [-0.05, 0) is 24.7 Å². The van der Waals surface area contributed by atoms with Crippen molar-refractivity contribution in [2.45, 2.75) is 30.6 Å². The lowest BCUT2D eigenvalue weighted by molar-refractivity contribution is 0.492. The van der Waals surface area contributed by atoms with E-state index in [1.165, 1.54) is 18.6 Å². The minimum absolute atomic E-state index is 0.0199. The summed E-state index contributed by atoms with van der Waals surface area (Å²) in [7, 11) is 0. The van der Waals surface area contributed by atoms with Gasteiger partial charge in [0.15, 0.2) is 0 Å². The Bertz CT molecular complexity index is 382. The average Bonchev–Trinajstić information content (AvgIpc) is 2.36. The van der Waals surface area contributed by atoms with E-state index in [1.54, 1.807) is 6.20 Å². The number of thioether (sulfide) groups is 1. The minimum Gasteiger partial charge on any atom is -0.383 e. The van der Waals surface area contributed by atoms with Crippen molar-refractivity contribution in [2.24, 2.45) is 5.84 Å². The Hall–Kier alpha value is -0.490. The Morgan fingerprint density at radius 2 is 2.35 bits per heavy atom. The number of hydrogen-bond donors (Lipinski definition) is 3. The molecule has 0 spiro atoms. The number of nitrogens with two attached hydrogens (primary N) is 2. The Morgan fingerprint density at radius 3 is 3.00 bits per heavy atom. The molecule has 94 valence electrons. The quantitative estimate of drug-likeness (QED) is 0.580. The molecule has 0 radical (unpaired) electrons. The smallest absolute Gasteiger partial charge is 0.128 e. The van der Waals surface area contributed by atoms with Gasteiger partial charge in [-0.25, -0.2) is 4.98 Å². The van der Waals surface area contributed by atoms with Gasteiger partial charge in [0.05, 0.1) is 11.1 Å². The van der Waals surface area contributed by atoms with Gasteiger partial charge >= 0.3 is 0 Å². The molecule has 0 saturated carbocycles. The highest BCUT2D eigenvalue weighted by Crippen LogP contribution is 2.36. The molecule has 1 fully saturated rings. The van der Waals surface area contributed by atoms with Crippen LogP contribution >= 0.6 is 23.4 Å². The highest BCUT2D eigenvalue weighted by molar-refractivity contribution is 8.00. The first-order chi connectivity index (χ1) is 8.22. The van der Waals surface area contributed by atoms with E-state index in [4.69, 9.17) is 23.2 Å². The van der Waals surface area contributed by atoms with Crippen LogP contribution in [0.4, 0.5) is 5.82 Å². The van der Waals surface area contributed by atoms with Crippen molar-refractivity contribution in [3.05, 3.63) is 22.8 Å². The minimum atomic E-state index is 0.0199. The fraction of sp³-hybridized carbons (Fsp3) is 0.545. The van der Waals surface area contributed by atoms with Crippen LogP contribution in [0, 0.1) is 0 Å². The van der Waals surface area contributed by atoms with Gasteiger partial charge in [0.2, 0.25) is 0 Å². The van der Waals surface area contributed by atoms with Gasteiger partial charge in [-0.2, -0.15) is 11.8 Å². The van der Waals surface area contributed by atoms with Gasteiger partial charge in [0.25, 0.3) is 0 Å². The molecule has 1 aliphatic rings. The zero-order valence-electron chi connectivity index (χ0n) is 9.53. The molecular weight excluding hydrogens is 256 g/mol. The standard InChI is InChI=1S/C11H17ClN4S/c12-7-5-8(11(13)15-6-7)10(16-14)9-3-1-2-4-17-9/h5-6,9-10,16H,1-4,14H2,(H2,13,15). The Kier molecular flexibility index (Phi) is 4.50. The fourth-order valence-electron chi connectivity index (χ4n) is 2.14. The molecule has 0 aromatic carbocycles. The third kappa shape index (κ3) is 3.04. The number of nitrogen functional groups attached to an aromatic ring is 1. The number of rotatable bonds is 3. The third-order valence-electron chi connectivity index (χ3n) is 3.02. The number of hydrazine groups is 1. The van der Waals surface area contributed by atoms with Crippen LogP contribution in [0.15, 0.2) is 12.3 Å². The molecule has 2 rings (SSSR count). The van der Waals surface area contributed by atoms with Crippen LogP contribution in [0.3, 0.4) is 0 Å². The van der Waals surface area contributed by atoms with Crippen LogP contribution in [0.25, 0.3) is 0 Å². The molecule has 0 amide bonds. The summed E-state index contributed by atoms with van der Waals surface area (Å²) in [4.78, 5) is 4.08. The van der Waals surface area contributed by atoms with Crippen molar-refractivity contribution in [1.82, 2.24) is 10.4 Å². The van der Waals surface area contributed by atoms with Crippen LogP contribution in [-0.4, -0.2) is 16.0 Å². The maximum Gasteiger partial charge on any atom is 0.128 e. The van der Waals surface area contributed by atoms with E-state index in [1.807, 2.05) is 17.8 Å². The second-order valence-corrected chi connectivity index (χ2v) is 5.96. The summed E-state index contributed by atoms with van der Waals surface area (Å²) in [5.41, 5.74) is 9.66. The van der Waals surface area contributed by atoms with Gasteiger partial charge < -0.3 is 5.73 Å². The first-order valence-corrected chi connectivity index (χ1v) is 7.13. The molecular formula is C11H17ClN4S. The summed E-state index contributed by atoms with van der Waals surface area (Å²) >= 11 is 7.90. The van der Waals surface area contributed by atoms with Crippen molar-refractivity contribution >= 4 is 29.2 Å². The number of nitrogens with zero attached hydrogens (tertiary/aromatic N) is 1. The van der Waals surface area contributed by atoms with Gasteiger partial charge in [-0.15, -0.1) is 0 Å². The van der Waals surface area contributed by atoms with Crippen LogP contribution in [-0.2, 0) is 0 Å². The second-order valence-electron chi connectivity index (χ2n) is 4.18. The molecule has 1 saturated heterocycles. The number of anilines is 1. The van der Waals surface area contributed by atoms with Gasteiger partial charge in [0.1, 0.15) is 5.82 Å². The molecule has 0 bridgehead atoms. The molecule has 2 unspecified atom stereocenters. The zero-order valence-corrected chi connectivity index (χ0v) is 11.1. The highest BCUT2D eigenvalue weighted by Gasteiger charge is 2.26. The first-order valence-electron chi connectivity index (χ1n) is 5.71. The molecule has 2 heterocycles. The largest absolute Gasteiger partial charge is 0.383 e. The Morgan fingerprint density at radius 1 is 1.53 bits per heavy atom. The van der Waals surface area contributed by atoms with E-state index in [0.717, 1.165) is 12.0 Å². The molecule has 1 aliphatic heterocycles. The van der Waals surface area contributed by atoms with Crippen molar-refractivity contribution in [3.63, 3.8) is 0 Å². The molecule has 1 aromatic rings. The molecule has 2 atom stereocenters. The van der Waals surface area contributed by atoms with Crippen LogP contribution < -0.4 is 17.0 Å². The number of aromatic nitrogens is 1. The molecule has 0 aliphatic carbocycles. The molecule has 17 heavy (non-hydrogen) atoms. The van der Waals surface area contributed by atoms with E-state index >= 15 is 0 Å². The highest BCUT2D eigenvalue weighted by atomic mass is 35.5. The topological polar surface area (TPSA) is 77.0 Å². The first kappa shape index (κ1) is 13.0. The summed E-state index contributed by atoms with van der Waals surface area (Å²) in [5, 5.41) is 1.03. The third-order valence-corrected chi connectivity index (χ3v) is 4.68. The number of pyridine rings is 1. The second kappa shape index (κ2) is 5.91. The van der Waals surface area contributed by atoms with Crippen LogP contribution in [0.2, 0.25) is 5.02 Å². The summed E-state index contributed by atoms with van der Waals surface area (Å²) in [6.45, 7) is 0. The Balaban J connectivity index is 2.24. The molecule has 5 N–H and O–H groups in total. The SMILES string of the molecule is NNC(c1cc(Cl)cnc1N)C1CCCCS1. The van der Waals surface area contributed by atoms with E-state index < -0.39 is 0 Å². The summed E-state index contributed by atoms with van der Waals surface area (Å²) in [6, 6.07) is 1.87. The number of halogens is 1. The lowest BCUT2D eigenvalue weighted by atomic mass is 10.0. The molecule has 1 aromatic heterocycles. The zero-order chi connectivity index (χ0) is 12.3. The van der Waals surface area contributed by atoms with Gasteiger partial charge in [-0.3, -0.25) is 11.3 Å². The monoisotopic (exact) mass is 272 g/mol. The van der Waals surface area contributed by atoms with Crippen molar-refractivity contribution < 1.29 is 0 Å². The maximum absolute atomic E-state index is 5.96. The average molecular weight is 273 g/mol. The van der Waals surface area contributed by atoms with Gasteiger partial charge in [0, 0.05) is 17.0 Å². The fourth-order valence-corrected chi connectivity index (χ4v) is 3.73. The van der Waals surface area contributed by atoms with E-state index in [-0.39, 0.29) is 6.04 Å². The summed E-state index contributed by atoms with van der Waals surface area (Å²) < 4.78 is 0. The van der Waals surface area contributed by atoms with Crippen molar-refractivity contribution in [2.75, 3.05) is 11.5 Å². The summed E-state index contributed by atoms with van der Waals surface area (Å²) in [5.74, 6) is 7.35. The lowest BCUT2D eigenvalue weighted by Gasteiger charge is -2.30. The lowest BCUT2D eigenvalue weighted by Crippen LogP contribution is -2.36. The molecule has 4 nitrogen and oxygen atoms in total. The van der Waals surface area contributed by atoms with E-state index in [0.29, 0.717) is 16.1 Å². The predicted octanol–water partition coefficient (Wildman–Crippen LogP) is 2.11. The molecule has 6 heteroatoms. The van der Waals surface area contributed by atoms with E-state index in [9.17, 15) is 0 Å². The van der Waals surface area contributed by atoms with Crippen molar-refractivity contribution in [1.29, 1.82) is 0 Å². The van der Waals surface area contributed by atoms with Crippen molar-refractivity contribution in [3.8, 4) is 0 Å². The van der Waals surface area contributed by atoms with Crippen LogP contribution in [0.1, 0.15) is 30.9 Å². The normalized spacial score (nSPS) is 22.4. The van der Waals surface area contributed by atoms with Crippen LogP contribution in [0.5, 0.6) is 0 Å². The number of nitrogens with one attached hydrogen (secondary N) is 1. The Labute approximate surface area is 110 Å². The van der Waals surface area contributed by atoms with E-state index in [2.05, 4.69) is 10.4 Å². The number of hydrogen-bond acceptors (Lipinski definition) is 5. The summed E-state index contributed by atoms with van der Waals surface area (Å²) in [6.07, 6.45) is 5.22. The predicted molar refractivity (Wildman–Crippen MR) is 73.8 cm³/mol.